The van der Waals surface area contributed by atoms with Crippen LogP contribution in [0.1, 0.15) is 31.5 Å². The standard InChI is InChI=1S/C14H21ClN4OS/c1-20-14-12-13(16-10-17-14)19(11(9-15)18-12)7-5-3-4-6-8-21-2/h10H,3-9H2,1-2H3. The molecule has 0 spiro atoms. The number of halogens is 1. The van der Waals surface area contributed by atoms with Crippen LogP contribution in [0.2, 0.25) is 0 Å². The third-order valence-corrected chi connectivity index (χ3v) is 4.31. The topological polar surface area (TPSA) is 52.8 Å². The normalized spacial score (nSPS) is 11.2. The molecule has 0 bridgehead atoms. The van der Waals surface area contributed by atoms with Crippen LogP contribution < -0.4 is 4.74 Å². The predicted octanol–water partition coefficient (Wildman–Crippen LogP) is 3.50. The quantitative estimate of drug-likeness (QED) is 0.521. The van der Waals surface area contributed by atoms with Crippen molar-refractivity contribution in [2.45, 2.75) is 38.1 Å². The molecule has 7 heteroatoms. The van der Waals surface area contributed by atoms with E-state index in [1.54, 1.807) is 7.11 Å². The van der Waals surface area contributed by atoms with Crippen molar-refractivity contribution in [3.8, 4) is 5.88 Å². The number of aryl methyl sites for hydroxylation is 1. The fraction of sp³-hybridized carbons (Fsp3) is 0.643. The SMILES string of the molecule is COc1ncnc2c1nc(CCl)n2CCCCCCSC. The van der Waals surface area contributed by atoms with E-state index in [-0.39, 0.29) is 0 Å². The zero-order chi connectivity index (χ0) is 15.1. The molecule has 0 N–H and O–H groups in total. The largest absolute Gasteiger partial charge is 0.479 e. The third-order valence-electron chi connectivity index (χ3n) is 3.37. The lowest BCUT2D eigenvalue weighted by Gasteiger charge is -2.07. The second kappa shape index (κ2) is 8.44. The Labute approximate surface area is 134 Å². The van der Waals surface area contributed by atoms with Crippen LogP contribution in [-0.2, 0) is 12.4 Å². The molecule has 5 nitrogen and oxygen atoms in total. The highest BCUT2D eigenvalue weighted by Gasteiger charge is 2.15. The van der Waals surface area contributed by atoms with Crippen LogP contribution >= 0.6 is 23.4 Å². The van der Waals surface area contributed by atoms with Gasteiger partial charge in [-0.2, -0.15) is 16.7 Å². The van der Waals surface area contributed by atoms with Crippen LogP contribution in [0.3, 0.4) is 0 Å². The summed E-state index contributed by atoms with van der Waals surface area (Å²) in [5.74, 6) is 2.94. The van der Waals surface area contributed by atoms with Crippen molar-refractivity contribution in [3.63, 3.8) is 0 Å². The van der Waals surface area contributed by atoms with Gasteiger partial charge in [0.05, 0.1) is 13.0 Å². The van der Waals surface area contributed by atoms with Gasteiger partial charge in [0.2, 0.25) is 5.88 Å². The number of thioether (sulfide) groups is 1. The molecule has 0 amide bonds. The van der Waals surface area contributed by atoms with E-state index in [1.165, 1.54) is 31.3 Å². The zero-order valence-electron chi connectivity index (χ0n) is 12.5. The van der Waals surface area contributed by atoms with Gasteiger partial charge in [-0.1, -0.05) is 12.8 Å². The third kappa shape index (κ3) is 4.01. The summed E-state index contributed by atoms with van der Waals surface area (Å²) < 4.78 is 7.32. The van der Waals surface area contributed by atoms with Gasteiger partial charge in [-0.25, -0.2) is 9.97 Å². The number of hydrogen-bond acceptors (Lipinski definition) is 5. The van der Waals surface area contributed by atoms with Gasteiger partial charge in [0.15, 0.2) is 11.2 Å². The lowest BCUT2D eigenvalue weighted by molar-refractivity contribution is 0.401. The summed E-state index contributed by atoms with van der Waals surface area (Å²) in [4.78, 5) is 12.9. The number of rotatable bonds is 9. The van der Waals surface area contributed by atoms with Crippen LogP contribution in [0.25, 0.3) is 11.2 Å². The second-order valence-electron chi connectivity index (χ2n) is 4.78. The highest BCUT2D eigenvalue weighted by molar-refractivity contribution is 7.98. The van der Waals surface area contributed by atoms with Crippen molar-refractivity contribution in [2.75, 3.05) is 19.1 Å². The molecule has 0 fully saturated rings. The van der Waals surface area contributed by atoms with Crippen molar-refractivity contribution in [1.82, 2.24) is 19.5 Å². The number of imidazole rings is 1. The molecule has 0 radical (unpaired) electrons. The van der Waals surface area contributed by atoms with E-state index in [2.05, 4.69) is 25.8 Å². The van der Waals surface area contributed by atoms with E-state index in [1.807, 2.05) is 11.8 Å². The van der Waals surface area contributed by atoms with Crippen molar-refractivity contribution in [1.29, 1.82) is 0 Å². The molecule has 2 rings (SSSR count). The number of aromatic nitrogens is 4. The van der Waals surface area contributed by atoms with Crippen LogP contribution in [0.4, 0.5) is 0 Å². The molecule has 0 unspecified atom stereocenters. The molecule has 0 aliphatic rings. The Balaban J connectivity index is 2.07. The molecule has 0 saturated heterocycles. The number of hydrogen-bond donors (Lipinski definition) is 0. The first-order valence-electron chi connectivity index (χ1n) is 7.10. The Hall–Kier alpha value is -1.01. The summed E-state index contributed by atoms with van der Waals surface area (Å²) in [6.45, 7) is 0.887. The lowest BCUT2D eigenvalue weighted by atomic mass is 10.2. The summed E-state index contributed by atoms with van der Waals surface area (Å²) in [5, 5.41) is 0. The minimum Gasteiger partial charge on any atom is -0.479 e. The van der Waals surface area contributed by atoms with Crippen LogP contribution in [0.5, 0.6) is 5.88 Å². The molecule has 116 valence electrons. The van der Waals surface area contributed by atoms with Crippen molar-refractivity contribution >= 4 is 34.5 Å². The number of alkyl halides is 1. The first-order valence-corrected chi connectivity index (χ1v) is 9.03. The summed E-state index contributed by atoms with van der Waals surface area (Å²) in [6, 6.07) is 0. The Bertz CT molecular complexity index is 575. The van der Waals surface area contributed by atoms with Gasteiger partial charge in [0.25, 0.3) is 0 Å². The van der Waals surface area contributed by atoms with Gasteiger partial charge in [-0.3, -0.25) is 0 Å². The average Bonchev–Trinajstić information content (AvgIpc) is 2.88. The number of ether oxygens (including phenoxy) is 1. The zero-order valence-corrected chi connectivity index (χ0v) is 14.1. The first kappa shape index (κ1) is 16.4. The number of nitrogens with zero attached hydrogens (tertiary/aromatic N) is 4. The van der Waals surface area contributed by atoms with Crippen LogP contribution in [0.15, 0.2) is 6.33 Å². The van der Waals surface area contributed by atoms with E-state index in [0.717, 1.165) is 24.4 Å². The molecule has 0 saturated carbocycles. The lowest BCUT2D eigenvalue weighted by Crippen LogP contribution is -2.03. The fourth-order valence-corrected chi connectivity index (χ4v) is 3.01. The second-order valence-corrected chi connectivity index (χ2v) is 6.03. The minimum atomic E-state index is 0.367. The predicted molar refractivity (Wildman–Crippen MR) is 88.3 cm³/mol. The summed E-state index contributed by atoms with van der Waals surface area (Å²) in [5.41, 5.74) is 1.50. The molecule has 0 aliphatic heterocycles. The van der Waals surface area contributed by atoms with Gasteiger partial charge in [0, 0.05) is 6.54 Å². The first-order chi connectivity index (χ1) is 10.3. The Morgan fingerprint density at radius 2 is 2.05 bits per heavy atom. The smallest absolute Gasteiger partial charge is 0.245 e. The summed E-state index contributed by atoms with van der Waals surface area (Å²) >= 11 is 7.91. The highest BCUT2D eigenvalue weighted by atomic mass is 35.5. The molecule has 2 heterocycles. The highest BCUT2D eigenvalue weighted by Crippen LogP contribution is 2.23. The Morgan fingerprint density at radius 3 is 2.76 bits per heavy atom. The number of unbranched alkanes of at least 4 members (excludes halogenated alkanes) is 3. The average molecular weight is 329 g/mol. The van der Waals surface area contributed by atoms with E-state index < -0.39 is 0 Å². The molecule has 2 aromatic rings. The van der Waals surface area contributed by atoms with Gasteiger partial charge in [0.1, 0.15) is 12.2 Å². The fourth-order valence-electron chi connectivity index (χ4n) is 2.32. The van der Waals surface area contributed by atoms with Gasteiger partial charge >= 0.3 is 0 Å². The van der Waals surface area contributed by atoms with E-state index in [9.17, 15) is 0 Å². The summed E-state index contributed by atoms with van der Waals surface area (Å²) in [6.07, 6.45) is 8.53. The number of methoxy groups -OCH3 is 1. The Morgan fingerprint density at radius 1 is 1.24 bits per heavy atom. The van der Waals surface area contributed by atoms with Gasteiger partial charge in [-0.05, 0) is 24.9 Å². The molecule has 0 aliphatic carbocycles. The number of fused-ring (bicyclic) bond motifs is 1. The van der Waals surface area contributed by atoms with Crippen LogP contribution in [0, 0.1) is 0 Å². The molecule has 2 aromatic heterocycles. The van der Waals surface area contributed by atoms with E-state index >= 15 is 0 Å². The van der Waals surface area contributed by atoms with Crippen molar-refractivity contribution in [3.05, 3.63) is 12.2 Å². The molecule has 21 heavy (non-hydrogen) atoms. The van der Waals surface area contributed by atoms with Gasteiger partial charge < -0.3 is 9.30 Å². The monoisotopic (exact) mass is 328 g/mol. The maximum atomic E-state index is 6.01. The molecular formula is C14H21ClN4OS. The van der Waals surface area contributed by atoms with Gasteiger partial charge in [-0.15, -0.1) is 11.6 Å². The van der Waals surface area contributed by atoms with Crippen LogP contribution in [-0.4, -0.2) is 38.6 Å². The van der Waals surface area contributed by atoms with E-state index in [0.29, 0.717) is 17.3 Å². The Kier molecular flexibility index (Phi) is 6.57. The maximum Gasteiger partial charge on any atom is 0.245 e. The van der Waals surface area contributed by atoms with Crippen molar-refractivity contribution < 1.29 is 4.74 Å². The molecular weight excluding hydrogens is 308 g/mol. The van der Waals surface area contributed by atoms with Crippen molar-refractivity contribution in [2.24, 2.45) is 0 Å². The minimum absolute atomic E-state index is 0.367. The van der Waals surface area contributed by atoms with E-state index in [4.69, 9.17) is 16.3 Å². The summed E-state index contributed by atoms with van der Waals surface area (Å²) in [7, 11) is 1.59. The molecule has 0 atom stereocenters. The maximum absolute atomic E-state index is 6.01. The molecule has 0 aromatic carbocycles.